The van der Waals surface area contributed by atoms with Gasteiger partial charge in [0.1, 0.15) is 0 Å². The number of carbonyl (C=O) groups is 2. The van der Waals surface area contributed by atoms with E-state index in [1.807, 2.05) is 18.2 Å². The summed E-state index contributed by atoms with van der Waals surface area (Å²) < 4.78 is 0. The van der Waals surface area contributed by atoms with Crippen molar-refractivity contribution >= 4 is 11.8 Å². The minimum Gasteiger partial charge on any atom is -0.369 e. The van der Waals surface area contributed by atoms with Gasteiger partial charge in [0.15, 0.2) is 0 Å². The van der Waals surface area contributed by atoms with Gasteiger partial charge >= 0.3 is 0 Å². The number of benzene rings is 1. The molecule has 0 heterocycles. The van der Waals surface area contributed by atoms with Crippen molar-refractivity contribution < 1.29 is 9.59 Å². The van der Waals surface area contributed by atoms with Crippen LogP contribution in [0, 0.1) is 5.92 Å². The maximum absolute atomic E-state index is 11.6. The summed E-state index contributed by atoms with van der Waals surface area (Å²) in [4.78, 5) is 22.4. The molecule has 1 rings (SSSR count). The van der Waals surface area contributed by atoms with E-state index in [9.17, 15) is 9.59 Å². The van der Waals surface area contributed by atoms with Gasteiger partial charge in [0.05, 0.1) is 0 Å². The summed E-state index contributed by atoms with van der Waals surface area (Å²) in [6.45, 7) is 2.28. The van der Waals surface area contributed by atoms with E-state index in [0.29, 0.717) is 19.4 Å². The van der Waals surface area contributed by atoms with Crippen LogP contribution in [0.2, 0.25) is 0 Å². The Morgan fingerprint density at radius 2 is 1.95 bits per heavy atom. The van der Waals surface area contributed by atoms with Crippen LogP contribution in [0.15, 0.2) is 30.3 Å². The summed E-state index contributed by atoms with van der Waals surface area (Å²) in [7, 11) is 0. The van der Waals surface area contributed by atoms with Gasteiger partial charge in [-0.05, 0) is 24.8 Å². The van der Waals surface area contributed by atoms with Gasteiger partial charge in [-0.1, -0.05) is 37.3 Å². The van der Waals surface area contributed by atoms with E-state index in [0.717, 1.165) is 12.8 Å². The van der Waals surface area contributed by atoms with E-state index >= 15 is 0 Å². The minimum atomic E-state index is -0.321. The first kappa shape index (κ1) is 15.2. The predicted molar refractivity (Wildman–Crippen MR) is 75.4 cm³/mol. The zero-order valence-corrected chi connectivity index (χ0v) is 11.4. The Morgan fingerprint density at radius 1 is 1.26 bits per heavy atom. The standard InChI is InChI=1S/C15H22N2O2/c1-12(15(16)19)10-11-17-14(18)9-5-8-13-6-3-2-4-7-13/h2-4,6-7,12H,5,8-11H2,1H3,(H2,16,19)(H,17,18). The summed E-state index contributed by atoms with van der Waals surface area (Å²) in [5.74, 6) is -0.476. The molecule has 0 spiro atoms. The average molecular weight is 262 g/mol. The fourth-order valence-corrected chi connectivity index (χ4v) is 1.76. The Balaban J connectivity index is 2.10. The van der Waals surface area contributed by atoms with Gasteiger partial charge < -0.3 is 11.1 Å². The molecule has 1 atom stereocenters. The minimum absolute atomic E-state index is 0.0348. The zero-order valence-electron chi connectivity index (χ0n) is 11.4. The first-order chi connectivity index (χ1) is 9.09. The van der Waals surface area contributed by atoms with Gasteiger partial charge in [-0.3, -0.25) is 9.59 Å². The van der Waals surface area contributed by atoms with Crippen LogP contribution >= 0.6 is 0 Å². The topological polar surface area (TPSA) is 72.2 Å². The van der Waals surface area contributed by atoms with Crippen molar-refractivity contribution in [3.8, 4) is 0 Å². The average Bonchev–Trinajstić information content (AvgIpc) is 2.39. The Bertz CT molecular complexity index is 404. The van der Waals surface area contributed by atoms with Crippen molar-refractivity contribution in [1.29, 1.82) is 0 Å². The highest BCUT2D eigenvalue weighted by Gasteiger charge is 2.08. The van der Waals surface area contributed by atoms with Crippen molar-refractivity contribution in [3.05, 3.63) is 35.9 Å². The monoisotopic (exact) mass is 262 g/mol. The van der Waals surface area contributed by atoms with Crippen LogP contribution in [0.25, 0.3) is 0 Å². The highest BCUT2D eigenvalue weighted by atomic mass is 16.2. The largest absolute Gasteiger partial charge is 0.369 e. The van der Waals surface area contributed by atoms with Crippen LogP contribution in [0.4, 0.5) is 0 Å². The van der Waals surface area contributed by atoms with E-state index in [-0.39, 0.29) is 17.7 Å². The first-order valence-electron chi connectivity index (χ1n) is 6.69. The second-order valence-corrected chi connectivity index (χ2v) is 4.78. The lowest BCUT2D eigenvalue weighted by Crippen LogP contribution is -2.29. The number of aryl methyl sites for hydroxylation is 1. The molecule has 1 unspecified atom stereocenters. The summed E-state index contributed by atoms with van der Waals surface area (Å²) in [5, 5.41) is 2.81. The predicted octanol–water partition coefficient (Wildman–Crippen LogP) is 1.64. The molecular formula is C15H22N2O2. The van der Waals surface area contributed by atoms with E-state index in [1.165, 1.54) is 5.56 Å². The van der Waals surface area contributed by atoms with Crippen LogP contribution in [-0.2, 0) is 16.0 Å². The molecule has 0 bridgehead atoms. The van der Waals surface area contributed by atoms with E-state index in [4.69, 9.17) is 5.73 Å². The Hall–Kier alpha value is -1.84. The molecule has 4 nitrogen and oxygen atoms in total. The summed E-state index contributed by atoms with van der Waals surface area (Å²) in [6, 6.07) is 10.1. The third kappa shape index (κ3) is 6.60. The molecule has 2 amide bonds. The number of rotatable bonds is 8. The molecule has 19 heavy (non-hydrogen) atoms. The van der Waals surface area contributed by atoms with Crippen molar-refractivity contribution in [2.75, 3.05) is 6.54 Å². The highest BCUT2D eigenvalue weighted by molar-refractivity contribution is 5.77. The molecule has 0 saturated carbocycles. The molecule has 4 heteroatoms. The molecule has 0 radical (unpaired) electrons. The highest BCUT2D eigenvalue weighted by Crippen LogP contribution is 2.04. The van der Waals surface area contributed by atoms with Crippen LogP contribution in [-0.4, -0.2) is 18.4 Å². The molecule has 0 aromatic heterocycles. The number of nitrogens with one attached hydrogen (secondary N) is 1. The van der Waals surface area contributed by atoms with Gasteiger partial charge in [0.25, 0.3) is 0 Å². The Morgan fingerprint density at radius 3 is 2.58 bits per heavy atom. The molecule has 0 aliphatic heterocycles. The third-order valence-electron chi connectivity index (χ3n) is 3.10. The molecule has 104 valence electrons. The lowest BCUT2D eigenvalue weighted by Gasteiger charge is -2.08. The maximum Gasteiger partial charge on any atom is 0.220 e. The number of amides is 2. The fraction of sp³-hybridized carbons (Fsp3) is 0.467. The third-order valence-corrected chi connectivity index (χ3v) is 3.10. The number of carbonyl (C=O) groups excluding carboxylic acids is 2. The zero-order chi connectivity index (χ0) is 14.1. The molecule has 0 fully saturated rings. The van der Waals surface area contributed by atoms with Gasteiger partial charge in [0, 0.05) is 18.9 Å². The van der Waals surface area contributed by atoms with Gasteiger partial charge in [-0.15, -0.1) is 0 Å². The van der Waals surface area contributed by atoms with Crippen molar-refractivity contribution in [3.63, 3.8) is 0 Å². The van der Waals surface area contributed by atoms with Gasteiger partial charge in [-0.2, -0.15) is 0 Å². The second-order valence-electron chi connectivity index (χ2n) is 4.78. The van der Waals surface area contributed by atoms with Crippen LogP contribution in [0.3, 0.4) is 0 Å². The van der Waals surface area contributed by atoms with E-state index in [2.05, 4.69) is 17.4 Å². The molecule has 0 saturated heterocycles. The SMILES string of the molecule is CC(CCNC(=O)CCCc1ccccc1)C(N)=O. The number of hydrogen-bond donors (Lipinski definition) is 2. The van der Waals surface area contributed by atoms with E-state index in [1.54, 1.807) is 6.92 Å². The molecule has 0 aliphatic carbocycles. The maximum atomic E-state index is 11.6. The van der Waals surface area contributed by atoms with Crippen molar-refractivity contribution in [2.24, 2.45) is 11.7 Å². The first-order valence-corrected chi connectivity index (χ1v) is 6.69. The van der Waals surface area contributed by atoms with Crippen molar-refractivity contribution in [1.82, 2.24) is 5.32 Å². The molecule has 1 aromatic carbocycles. The molecule has 3 N–H and O–H groups in total. The van der Waals surface area contributed by atoms with Crippen molar-refractivity contribution in [2.45, 2.75) is 32.6 Å². The molecule has 1 aromatic rings. The normalized spacial score (nSPS) is 11.8. The number of hydrogen-bond acceptors (Lipinski definition) is 2. The van der Waals surface area contributed by atoms with Gasteiger partial charge in [-0.25, -0.2) is 0 Å². The fourth-order valence-electron chi connectivity index (χ4n) is 1.76. The summed E-state index contributed by atoms with van der Waals surface area (Å²) in [5.41, 5.74) is 6.39. The van der Waals surface area contributed by atoms with Gasteiger partial charge in [0.2, 0.25) is 11.8 Å². The van der Waals surface area contributed by atoms with Crippen LogP contribution in [0.5, 0.6) is 0 Å². The smallest absolute Gasteiger partial charge is 0.220 e. The van der Waals surface area contributed by atoms with E-state index < -0.39 is 0 Å². The summed E-state index contributed by atoms with van der Waals surface area (Å²) >= 11 is 0. The quantitative estimate of drug-likeness (QED) is 0.747. The molecular weight excluding hydrogens is 240 g/mol. The number of primary amides is 1. The summed E-state index contributed by atoms with van der Waals surface area (Å²) in [6.07, 6.45) is 2.85. The lowest BCUT2D eigenvalue weighted by molar-refractivity contribution is -0.123. The lowest BCUT2D eigenvalue weighted by atomic mass is 10.1. The second kappa shape index (κ2) is 8.29. The molecule has 0 aliphatic rings. The van der Waals surface area contributed by atoms with Crippen LogP contribution in [0.1, 0.15) is 31.7 Å². The van der Waals surface area contributed by atoms with Crippen LogP contribution < -0.4 is 11.1 Å². The number of nitrogens with two attached hydrogens (primary N) is 1. The Labute approximate surface area is 114 Å². The Kier molecular flexibility index (Phi) is 6.64.